The third-order valence-electron chi connectivity index (χ3n) is 3.89. The fourth-order valence-electron chi connectivity index (χ4n) is 2.49. The monoisotopic (exact) mass is 421 g/mol. The van der Waals surface area contributed by atoms with Crippen LogP contribution >= 0.6 is 0 Å². The van der Waals surface area contributed by atoms with Gasteiger partial charge in [0.1, 0.15) is 28.0 Å². The lowest BCUT2D eigenvalue weighted by atomic mass is 10.2. The number of benzene rings is 3. The Balaban J connectivity index is 1.89. The van der Waals surface area contributed by atoms with Crippen molar-refractivity contribution in [2.45, 2.75) is 4.90 Å². The van der Waals surface area contributed by atoms with Crippen LogP contribution in [0.1, 0.15) is 0 Å². The molecule has 0 aliphatic carbocycles. The minimum atomic E-state index is -4.28. The number of sulfonamides is 1. The summed E-state index contributed by atoms with van der Waals surface area (Å²) in [7, 11) is -1.30. The second kappa shape index (κ2) is 8.36. The summed E-state index contributed by atoms with van der Waals surface area (Å²) in [6, 6.07) is 13.3. The molecule has 0 aromatic heterocycles. The maximum atomic E-state index is 13.9. The average Bonchev–Trinajstić information content (AvgIpc) is 2.68. The molecule has 6 nitrogen and oxygen atoms in total. The van der Waals surface area contributed by atoms with Crippen molar-refractivity contribution >= 4 is 15.7 Å². The van der Waals surface area contributed by atoms with Crippen LogP contribution < -0.4 is 18.9 Å². The van der Waals surface area contributed by atoms with Crippen LogP contribution in [0.5, 0.6) is 23.0 Å². The maximum absolute atomic E-state index is 13.9. The molecule has 0 bridgehead atoms. The number of rotatable bonds is 7. The molecule has 0 unspecified atom stereocenters. The fraction of sp³-hybridized carbons (Fsp3) is 0.100. The summed E-state index contributed by atoms with van der Waals surface area (Å²) in [6.45, 7) is 0. The molecule has 0 aliphatic heterocycles. The van der Waals surface area contributed by atoms with Gasteiger partial charge in [-0.3, -0.25) is 4.72 Å². The van der Waals surface area contributed by atoms with E-state index in [0.717, 1.165) is 12.1 Å². The van der Waals surface area contributed by atoms with E-state index in [1.54, 1.807) is 31.4 Å². The topological polar surface area (TPSA) is 73.9 Å². The van der Waals surface area contributed by atoms with Gasteiger partial charge in [-0.2, -0.15) is 0 Å². The zero-order valence-electron chi connectivity index (χ0n) is 15.5. The molecule has 0 heterocycles. The van der Waals surface area contributed by atoms with Crippen LogP contribution in [0, 0.1) is 11.6 Å². The average molecular weight is 421 g/mol. The summed E-state index contributed by atoms with van der Waals surface area (Å²) in [5, 5.41) is 0. The lowest BCUT2D eigenvalue weighted by molar-refractivity contribution is 0.378. The standard InChI is InChI=1S/C20H17F2NO5S/c1-26-15-5-7-16(8-6-15)28-19-12-14(4-9-18(19)27-2)23-29(24,25)20-10-3-13(21)11-17(20)22/h3-12,23H,1-2H3. The van der Waals surface area contributed by atoms with Gasteiger partial charge < -0.3 is 14.2 Å². The summed E-state index contributed by atoms with van der Waals surface area (Å²) in [6.07, 6.45) is 0. The summed E-state index contributed by atoms with van der Waals surface area (Å²) >= 11 is 0. The Labute approximate surface area is 166 Å². The highest BCUT2D eigenvalue weighted by molar-refractivity contribution is 7.92. The van der Waals surface area contributed by atoms with Crippen molar-refractivity contribution in [3.63, 3.8) is 0 Å². The van der Waals surface area contributed by atoms with Gasteiger partial charge in [0, 0.05) is 12.1 Å². The van der Waals surface area contributed by atoms with Crippen LogP contribution in [0.2, 0.25) is 0 Å². The summed E-state index contributed by atoms with van der Waals surface area (Å²) < 4.78 is 70.2. The van der Waals surface area contributed by atoms with E-state index in [1.165, 1.54) is 25.3 Å². The number of hydrogen-bond donors (Lipinski definition) is 1. The molecule has 9 heteroatoms. The van der Waals surface area contributed by atoms with Gasteiger partial charge in [0.25, 0.3) is 10.0 Å². The third-order valence-corrected chi connectivity index (χ3v) is 5.30. The fourth-order valence-corrected chi connectivity index (χ4v) is 3.60. The first-order valence-electron chi connectivity index (χ1n) is 8.30. The van der Waals surface area contributed by atoms with Crippen LogP contribution in [-0.2, 0) is 10.0 Å². The van der Waals surface area contributed by atoms with Crippen LogP contribution in [0.3, 0.4) is 0 Å². The largest absolute Gasteiger partial charge is 0.497 e. The zero-order chi connectivity index (χ0) is 21.0. The highest BCUT2D eigenvalue weighted by Crippen LogP contribution is 2.35. The maximum Gasteiger partial charge on any atom is 0.264 e. The minimum absolute atomic E-state index is 0.109. The van der Waals surface area contributed by atoms with Crippen LogP contribution in [0.4, 0.5) is 14.5 Å². The molecule has 152 valence electrons. The Kier molecular flexibility index (Phi) is 5.88. The zero-order valence-corrected chi connectivity index (χ0v) is 16.3. The van der Waals surface area contributed by atoms with Gasteiger partial charge in [-0.15, -0.1) is 0 Å². The lowest BCUT2D eigenvalue weighted by Gasteiger charge is -2.14. The molecule has 3 aromatic carbocycles. The van der Waals surface area contributed by atoms with Gasteiger partial charge in [-0.05, 0) is 48.5 Å². The van der Waals surface area contributed by atoms with Crippen molar-refractivity contribution in [1.82, 2.24) is 0 Å². The SMILES string of the molecule is COc1ccc(Oc2cc(NS(=O)(=O)c3ccc(F)cc3F)ccc2OC)cc1. The van der Waals surface area contributed by atoms with Gasteiger partial charge in [-0.1, -0.05) is 0 Å². The number of hydrogen-bond acceptors (Lipinski definition) is 5. The first-order valence-corrected chi connectivity index (χ1v) is 9.78. The van der Waals surface area contributed by atoms with Crippen molar-refractivity contribution in [2.75, 3.05) is 18.9 Å². The molecular weight excluding hydrogens is 404 g/mol. The Morgan fingerprint density at radius 3 is 2.10 bits per heavy atom. The van der Waals surface area contributed by atoms with Gasteiger partial charge in [0.15, 0.2) is 11.5 Å². The molecule has 29 heavy (non-hydrogen) atoms. The molecular formula is C20H17F2NO5S. The second-order valence-corrected chi connectivity index (χ2v) is 7.47. The number of methoxy groups -OCH3 is 2. The smallest absolute Gasteiger partial charge is 0.264 e. The van der Waals surface area contributed by atoms with E-state index in [4.69, 9.17) is 14.2 Å². The van der Waals surface area contributed by atoms with E-state index < -0.39 is 26.6 Å². The van der Waals surface area contributed by atoms with Gasteiger partial charge in [0.05, 0.1) is 19.9 Å². The quantitative estimate of drug-likeness (QED) is 0.605. The van der Waals surface area contributed by atoms with E-state index in [1.807, 2.05) is 0 Å². The normalized spacial score (nSPS) is 11.0. The molecule has 0 amide bonds. The molecule has 3 aromatic rings. The van der Waals surface area contributed by atoms with E-state index >= 15 is 0 Å². The lowest BCUT2D eigenvalue weighted by Crippen LogP contribution is -2.14. The first kappa shape index (κ1) is 20.4. The molecule has 0 radical (unpaired) electrons. The van der Waals surface area contributed by atoms with Crippen molar-refractivity contribution in [1.29, 1.82) is 0 Å². The van der Waals surface area contributed by atoms with Crippen molar-refractivity contribution in [3.05, 3.63) is 72.3 Å². The molecule has 1 N–H and O–H groups in total. The molecule has 3 rings (SSSR count). The van der Waals surface area contributed by atoms with Crippen molar-refractivity contribution in [3.8, 4) is 23.0 Å². The minimum Gasteiger partial charge on any atom is -0.497 e. The molecule has 0 spiro atoms. The van der Waals surface area contributed by atoms with Crippen LogP contribution in [0.25, 0.3) is 0 Å². The predicted molar refractivity (Wildman–Crippen MR) is 103 cm³/mol. The molecule has 0 saturated carbocycles. The molecule has 0 atom stereocenters. The van der Waals surface area contributed by atoms with E-state index in [0.29, 0.717) is 23.3 Å². The summed E-state index contributed by atoms with van der Waals surface area (Å²) in [5.41, 5.74) is 0.109. The summed E-state index contributed by atoms with van der Waals surface area (Å²) in [4.78, 5) is -0.674. The van der Waals surface area contributed by atoms with Gasteiger partial charge in [-0.25, -0.2) is 17.2 Å². The highest BCUT2D eigenvalue weighted by Gasteiger charge is 2.20. The Hall–Kier alpha value is -3.33. The molecule has 0 fully saturated rings. The molecule has 0 saturated heterocycles. The highest BCUT2D eigenvalue weighted by atomic mass is 32.2. The number of halogens is 2. The van der Waals surface area contributed by atoms with Gasteiger partial charge in [0.2, 0.25) is 0 Å². The number of nitrogens with one attached hydrogen (secondary N) is 1. The van der Waals surface area contributed by atoms with Crippen LogP contribution in [-0.4, -0.2) is 22.6 Å². The van der Waals surface area contributed by atoms with Crippen molar-refractivity contribution in [2.24, 2.45) is 0 Å². The first-order chi connectivity index (χ1) is 13.8. The predicted octanol–water partition coefficient (Wildman–Crippen LogP) is 4.58. The Bertz CT molecular complexity index is 1120. The second-order valence-electron chi connectivity index (χ2n) is 5.82. The number of ether oxygens (including phenoxy) is 3. The Morgan fingerprint density at radius 2 is 1.48 bits per heavy atom. The van der Waals surface area contributed by atoms with E-state index in [-0.39, 0.29) is 11.4 Å². The number of anilines is 1. The van der Waals surface area contributed by atoms with E-state index in [9.17, 15) is 17.2 Å². The third kappa shape index (κ3) is 4.75. The van der Waals surface area contributed by atoms with Crippen LogP contribution in [0.15, 0.2) is 65.6 Å². The molecule has 0 aliphatic rings. The van der Waals surface area contributed by atoms with E-state index in [2.05, 4.69) is 4.72 Å². The Morgan fingerprint density at radius 1 is 0.793 bits per heavy atom. The van der Waals surface area contributed by atoms with Crippen molar-refractivity contribution < 1.29 is 31.4 Å². The van der Waals surface area contributed by atoms with Gasteiger partial charge >= 0.3 is 0 Å². The summed E-state index contributed by atoms with van der Waals surface area (Å²) in [5.74, 6) is -0.364.